The Morgan fingerprint density at radius 1 is 1.27 bits per heavy atom. The molecule has 2 saturated carbocycles. The predicted molar refractivity (Wildman–Crippen MR) is 47.5 cm³/mol. The van der Waals surface area contributed by atoms with Crippen LogP contribution < -0.4 is 5.32 Å². The van der Waals surface area contributed by atoms with Crippen molar-refractivity contribution in [2.45, 2.75) is 45.1 Å². The van der Waals surface area contributed by atoms with Crippen LogP contribution in [-0.4, -0.2) is 12.6 Å². The molecule has 2 aliphatic carbocycles. The number of nitrogens with one attached hydrogen (secondary N) is 1. The summed E-state index contributed by atoms with van der Waals surface area (Å²) in [5, 5.41) is 3.69. The van der Waals surface area contributed by atoms with E-state index in [4.69, 9.17) is 0 Å². The minimum absolute atomic E-state index is 0.857. The van der Waals surface area contributed by atoms with Gasteiger partial charge >= 0.3 is 0 Å². The predicted octanol–water partition coefficient (Wildman–Crippen LogP) is 2.17. The van der Waals surface area contributed by atoms with Crippen LogP contribution >= 0.6 is 0 Å². The highest BCUT2D eigenvalue weighted by molar-refractivity contribution is 4.87. The minimum atomic E-state index is 0.857. The van der Waals surface area contributed by atoms with Gasteiger partial charge in [0.2, 0.25) is 0 Å². The van der Waals surface area contributed by atoms with E-state index in [0.717, 1.165) is 17.9 Å². The molecule has 0 heterocycles. The SMILES string of the molecule is CCC(NCC1CC1)C1CC1. The fourth-order valence-electron chi connectivity index (χ4n) is 1.78. The molecule has 1 unspecified atom stereocenters. The summed E-state index contributed by atoms with van der Waals surface area (Å²) in [6, 6.07) is 0.857. The Bertz CT molecular complexity index is 125. The van der Waals surface area contributed by atoms with Crippen molar-refractivity contribution < 1.29 is 0 Å². The van der Waals surface area contributed by atoms with E-state index in [1.807, 2.05) is 0 Å². The highest BCUT2D eigenvalue weighted by atomic mass is 14.9. The van der Waals surface area contributed by atoms with Crippen LogP contribution in [0, 0.1) is 11.8 Å². The molecule has 0 bridgehead atoms. The molecule has 1 N–H and O–H groups in total. The fourth-order valence-corrected chi connectivity index (χ4v) is 1.78. The van der Waals surface area contributed by atoms with Crippen LogP contribution in [0.3, 0.4) is 0 Å². The molecule has 2 fully saturated rings. The first-order chi connectivity index (χ1) is 5.40. The topological polar surface area (TPSA) is 12.0 Å². The van der Waals surface area contributed by atoms with Crippen molar-refractivity contribution in [3.05, 3.63) is 0 Å². The largest absolute Gasteiger partial charge is 0.313 e. The molecule has 0 spiro atoms. The maximum Gasteiger partial charge on any atom is 0.00928 e. The smallest absolute Gasteiger partial charge is 0.00928 e. The van der Waals surface area contributed by atoms with Crippen molar-refractivity contribution in [1.82, 2.24) is 5.32 Å². The van der Waals surface area contributed by atoms with E-state index < -0.39 is 0 Å². The summed E-state index contributed by atoms with van der Waals surface area (Å²) >= 11 is 0. The Kier molecular flexibility index (Phi) is 2.17. The third kappa shape index (κ3) is 2.19. The Balaban J connectivity index is 1.63. The first-order valence-electron chi connectivity index (χ1n) is 5.13. The molecule has 0 saturated heterocycles. The first-order valence-corrected chi connectivity index (χ1v) is 5.13. The van der Waals surface area contributed by atoms with Crippen LogP contribution in [0.4, 0.5) is 0 Å². The molecule has 1 atom stereocenters. The van der Waals surface area contributed by atoms with Gasteiger partial charge in [0.25, 0.3) is 0 Å². The van der Waals surface area contributed by atoms with Gasteiger partial charge in [-0.15, -0.1) is 0 Å². The van der Waals surface area contributed by atoms with Crippen molar-refractivity contribution in [1.29, 1.82) is 0 Å². The Hall–Kier alpha value is -0.0400. The van der Waals surface area contributed by atoms with E-state index in [1.54, 1.807) is 0 Å². The van der Waals surface area contributed by atoms with Gasteiger partial charge in [0.05, 0.1) is 0 Å². The lowest BCUT2D eigenvalue weighted by atomic mass is 10.1. The van der Waals surface area contributed by atoms with E-state index in [9.17, 15) is 0 Å². The molecule has 11 heavy (non-hydrogen) atoms. The maximum absolute atomic E-state index is 3.69. The Labute approximate surface area is 69.6 Å². The molecule has 2 aliphatic rings. The van der Waals surface area contributed by atoms with Gasteiger partial charge in [-0.05, 0) is 50.5 Å². The summed E-state index contributed by atoms with van der Waals surface area (Å²) in [6.45, 7) is 3.61. The second-order valence-electron chi connectivity index (χ2n) is 4.20. The lowest BCUT2D eigenvalue weighted by molar-refractivity contribution is 0.440. The van der Waals surface area contributed by atoms with E-state index in [1.165, 1.54) is 38.6 Å². The summed E-state index contributed by atoms with van der Waals surface area (Å²) < 4.78 is 0. The maximum atomic E-state index is 3.69. The molecule has 0 aromatic heterocycles. The third-order valence-corrected chi connectivity index (χ3v) is 3.00. The van der Waals surface area contributed by atoms with E-state index >= 15 is 0 Å². The molecule has 0 aromatic rings. The van der Waals surface area contributed by atoms with Crippen molar-refractivity contribution >= 4 is 0 Å². The first kappa shape index (κ1) is 7.60. The average Bonchev–Trinajstić information content (AvgIpc) is 2.85. The van der Waals surface area contributed by atoms with E-state index in [-0.39, 0.29) is 0 Å². The lowest BCUT2D eigenvalue weighted by Gasteiger charge is -2.15. The second kappa shape index (κ2) is 3.14. The molecule has 64 valence electrons. The molecule has 2 rings (SSSR count). The van der Waals surface area contributed by atoms with Crippen molar-refractivity contribution in [2.75, 3.05) is 6.54 Å². The van der Waals surface area contributed by atoms with Gasteiger partial charge in [-0.1, -0.05) is 6.92 Å². The van der Waals surface area contributed by atoms with Crippen molar-refractivity contribution in [2.24, 2.45) is 11.8 Å². The van der Waals surface area contributed by atoms with Crippen LogP contribution in [0.5, 0.6) is 0 Å². The fraction of sp³-hybridized carbons (Fsp3) is 1.00. The highest BCUT2D eigenvalue weighted by Crippen LogP contribution is 2.35. The number of rotatable bonds is 5. The standard InChI is InChI=1S/C10H19N/c1-2-10(9-5-6-9)11-7-8-3-4-8/h8-11H,2-7H2,1H3. The third-order valence-electron chi connectivity index (χ3n) is 3.00. The zero-order valence-corrected chi connectivity index (χ0v) is 7.47. The minimum Gasteiger partial charge on any atom is -0.313 e. The normalized spacial score (nSPS) is 27.0. The van der Waals surface area contributed by atoms with Gasteiger partial charge < -0.3 is 5.32 Å². The second-order valence-corrected chi connectivity index (χ2v) is 4.20. The molecule has 0 aromatic carbocycles. The molecule has 1 heteroatoms. The van der Waals surface area contributed by atoms with Gasteiger partial charge in [0, 0.05) is 6.04 Å². The lowest BCUT2D eigenvalue weighted by Crippen LogP contribution is -2.31. The summed E-state index contributed by atoms with van der Waals surface area (Å²) in [4.78, 5) is 0. The van der Waals surface area contributed by atoms with Gasteiger partial charge in [0.15, 0.2) is 0 Å². The molecule has 1 nitrogen and oxygen atoms in total. The van der Waals surface area contributed by atoms with Crippen LogP contribution in [0.2, 0.25) is 0 Å². The Morgan fingerprint density at radius 3 is 2.45 bits per heavy atom. The number of hydrogen-bond donors (Lipinski definition) is 1. The highest BCUT2D eigenvalue weighted by Gasteiger charge is 2.31. The van der Waals surface area contributed by atoms with Crippen LogP contribution in [0.25, 0.3) is 0 Å². The van der Waals surface area contributed by atoms with Crippen molar-refractivity contribution in [3.8, 4) is 0 Å². The zero-order valence-electron chi connectivity index (χ0n) is 7.47. The Morgan fingerprint density at radius 2 is 2.00 bits per heavy atom. The van der Waals surface area contributed by atoms with Crippen molar-refractivity contribution in [3.63, 3.8) is 0 Å². The zero-order chi connectivity index (χ0) is 7.68. The molecule has 0 amide bonds. The quantitative estimate of drug-likeness (QED) is 0.638. The monoisotopic (exact) mass is 153 g/mol. The molecular weight excluding hydrogens is 134 g/mol. The summed E-state index contributed by atoms with van der Waals surface area (Å²) in [7, 11) is 0. The van der Waals surface area contributed by atoms with Gasteiger partial charge in [0.1, 0.15) is 0 Å². The van der Waals surface area contributed by atoms with Gasteiger partial charge in [-0.2, -0.15) is 0 Å². The summed E-state index contributed by atoms with van der Waals surface area (Å²) in [6.07, 6.45) is 7.26. The van der Waals surface area contributed by atoms with E-state index in [2.05, 4.69) is 12.2 Å². The molecular formula is C10H19N. The summed E-state index contributed by atoms with van der Waals surface area (Å²) in [5.74, 6) is 2.08. The molecule has 0 radical (unpaired) electrons. The summed E-state index contributed by atoms with van der Waals surface area (Å²) in [5.41, 5.74) is 0. The van der Waals surface area contributed by atoms with E-state index in [0.29, 0.717) is 0 Å². The van der Waals surface area contributed by atoms with Gasteiger partial charge in [-0.25, -0.2) is 0 Å². The van der Waals surface area contributed by atoms with Gasteiger partial charge in [-0.3, -0.25) is 0 Å². The average molecular weight is 153 g/mol. The molecule has 0 aliphatic heterocycles. The van der Waals surface area contributed by atoms with Crippen LogP contribution in [0.1, 0.15) is 39.0 Å². The number of hydrogen-bond acceptors (Lipinski definition) is 1. The van der Waals surface area contributed by atoms with Crippen LogP contribution in [0.15, 0.2) is 0 Å². The van der Waals surface area contributed by atoms with Crippen LogP contribution in [-0.2, 0) is 0 Å².